The highest BCUT2D eigenvalue weighted by Crippen LogP contribution is 2.16. The van der Waals surface area contributed by atoms with E-state index in [1.54, 1.807) is 0 Å². The van der Waals surface area contributed by atoms with Crippen LogP contribution in [0.3, 0.4) is 0 Å². The SMILES string of the molecule is CCc1ccccc1NC(=O)CN1CCN(C(=O)c2cccc(CN3CCOCC3)c2)CC1. The van der Waals surface area contributed by atoms with E-state index in [1.807, 2.05) is 47.4 Å². The van der Waals surface area contributed by atoms with Gasteiger partial charge in [0.15, 0.2) is 0 Å². The molecule has 7 nitrogen and oxygen atoms in total. The number of anilines is 1. The van der Waals surface area contributed by atoms with Gasteiger partial charge < -0.3 is 15.0 Å². The summed E-state index contributed by atoms with van der Waals surface area (Å²) in [5.41, 5.74) is 3.92. The molecule has 2 aromatic rings. The summed E-state index contributed by atoms with van der Waals surface area (Å²) in [4.78, 5) is 32.0. The Morgan fingerprint density at radius 1 is 0.909 bits per heavy atom. The van der Waals surface area contributed by atoms with E-state index in [1.165, 1.54) is 0 Å². The lowest BCUT2D eigenvalue weighted by Crippen LogP contribution is -2.50. The zero-order valence-electron chi connectivity index (χ0n) is 19.5. The molecular weight excluding hydrogens is 416 g/mol. The zero-order chi connectivity index (χ0) is 23.0. The molecule has 2 saturated heterocycles. The number of aryl methyl sites for hydroxylation is 1. The first kappa shape index (κ1) is 23.4. The third-order valence-corrected chi connectivity index (χ3v) is 6.38. The normalized spacial score (nSPS) is 17.7. The minimum atomic E-state index is -0.00788. The van der Waals surface area contributed by atoms with Crippen molar-refractivity contribution in [2.24, 2.45) is 0 Å². The topological polar surface area (TPSA) is 65.1 Å². The van der Waals surface area contributed by atoms with E-state index >= 15 is 0 Å². The molecule has 0 aliphatic carbocycles. The Labute approximate surface area is 196 Å². The van der Waals surface area contributed by atoms with Crippen molar-refractivity contribution in [3.8, 4) is 0 Å². The molecule has 0 bridgehead atoms. The molecule has 0 aromatic heterocycles. The van der Waals surface area contributed by atoms with Crippen LogP contribution in [0, 0.1) is 0 Å². The van der Waals surface area contributed by atoms with Gasteiger partial charge in [0.05, 0.1) is 19.8 Å². The van der Waals surface area contributed by atoms with Crippen LogP contribution in [-0.4, -0.2) is 85.5 Å². The van der Waals surface area contributed by atoms with Crippen molar-refractivity contribution in [1.29, 1.82) is 0 Å². The van der Waals surface area contributed by atoms with Crippen LogP contribution >= 0.6 is 0 Å². The molecule has 2 aliphatic heterocycles. The molecule has 7 heteroatoms. The summed E-state index contributed by atoms with van der Waals surface area (Å²) in [5, 5.41) is 3.04. The highest BCUT2D eigenvalue weighted by atomic mass is 16.5. The summed E-state index contributed by atoms with van der Waals surface area (Å²) >= 11 is 0. The standard InChI is InChI=1S/C26H34N4O3/c1-2-22-7-3-4-9-24(22)27-25(31)20-28-10-12-30(13-11-28)26(32)23-8-5-6-21(18-23)19-29-14-16-33-17-15-29/h3-9,18H,2,10-17,19-20H2,1H3,(H,27,31). The molecule has 2 heterocycles. The molecule has 2 amide bonds. The highest BCUT2D eigenvalue weighted by Gasteiger charge is 2.24. The number of amides is 2. The molecule has 0 saturated carbocycles. The smallest absolute Gasteiger partial charge is 0.253 e. The number of hydrogen-bond acceptors (Lipinski definition) is 5. The lowest BCUT2D eigenvalue weighted by Gasteiger charge is -2.34. The van der Waals surface area contributed by atoms with Crippen LogP contribution in [0.1, 0.15) is 28.4 Å². The number of nitrogens with zero attached hydrogens (tertiary/aromatic N) is 3. The second-order valence-corrected chi connectivity index (χ2v) is 8.72. The van der Waals surface area contributed by atoms with Crippen molar-refractivity contribution >= 4 is 17.5 Å². The molecule has 176 valence electrons. The summed E-state index contributed by atoms with van der Waals surface area (Å²) in [7, 11) is 0. The van der Waals surface area contributed by atoms with Crippen LogP contribution in [0.2, 0.25) is 0 Å². The van der Waals surface area contributed by atoms with Crippen LogP contribution in [0.25, 0.3) is 0 Å². The van der Waals surface area contributed by atoms with Gasteiger partial charge in [-0.1, -0.05) is 37.3 Å². The minimum absolute atomic E-state index is 0.00788. The molecule has 2 fully saturated rings. The van der Waals surface area contributed by atoms with Crippen LogP contribution in [0.4, 0.5) is 5.69 Å². The van der Waals surface area contributed by atoms with Gasteiger partial charge >= 0.3 is 0 Å². The number of hydrogen-bond donors (Lipinski definition) is 1. The maximum absolute atomic E-state index is 13.1. The average Bonchev–Trinajstić information content (AvgIpc) is 2.85. The quantitative estimate of drug-likeness (QED) is 0.702. The van der Waals surface area contributed by atoms with Crippen molar-refractivity contribution in [2.45, 2.75) is 19.9 Å². The molecule has 2 aliphatic rings. The van der Waals surface area contributed by atoms with Crippen molar-refractivity contribution in [3.05, 3.63) is 65.2 Å². The van der Waals surface area contributed by atoms with Gasteiger partial charge in [-0.15, -0.1) is 0 Å². The monoisotopic (exact) mass is 450 g/mol. The van der Waals surface area contributed by atoms with Gasteiger partial charge in [-0.2, -0.15) is 0 Å². The summed E-state index contributed by atoms with van der Waals surface area (Å²) in [6.07, 6.45) is 0.880. The number of ether oxygens (including phenoxy) is 1. The number of morpholine rings is 1. The fraction of sp³-hybridized carbons (Fsp3) is 0.462. The fourth-order valence-electron chi connectivity index (χ4n) is 4.46. The third kappa shape index (κ3) is 6.41. The molecule has 33 heavy (non-hydrogen) atoms. The first-order valence-electron chi connectivity index (χ1n) is 11.9. The number of piperazine rings is 1. The first-order valence-corrected chi connectivity index (χ1v) is 11.9. The molecule has 4 rings (SSSR count). The second kappa shape index (κ2) is 11.4. The Balaban J connectivity index is 1.26. The number of benzene rings is 2. The Bertz CT molecular complexity index is 950. The van der Waals surface area contributed by atoms with E-state index in [4.69, 9.17) is 4.74 Å². The van der Waals surface area contributed by atoms with Crippen molar-refractivity contribution in [1.82, 2.24) is 14.7 Å². The zero-order valence-corrected chi connectivity index (χ0v) is 19.5. The summed E-state index contributed by atoms with van der Waals surface area (Å²) in [5.74, 6) is 0.0614. The van der Waals surface area contributed by atoms with Gasteiger partial charge in [0.1, 0.15) is 0 Å². The molecule has 0 radical (unpaired) electrons. The van der Waals surface area contributed by atoms with Gasteiger partial charge in [-0.05, 0) is 35.7 Å². The van der Waals surface area contributed by atoms with Gasteiger partial charge in [0.2, 0.25) is 5.91 Å². The van der Waals surface area contributed by atoms with Crippen LogP contribution in [-0.2, 0) is 22.5 Å². The predicted molar refractivity (Wildman–Crippen MR) is 129 cm³/mol. The van der Waals surface area contributed by atoms with E-state index < -0.39 is 0 Å². The molecular formula is C26H34N4O3. The lowest BCUT2D eigenvalue weighted by molar-refractivity contribution is -0.117. The van der Waals surface area contributed by atoms with E-state index in [2.05, 4.69) is 28.1 Å². The summed E-state index contributed by atoms with van der Waals surface area (Å²) < 4.78 is 5.42. The predicted octanol–water partition coefficient (Wildman–Crippen LogP) is 2.48. The largest absolute Gasteiger partial charge is 0.379 e. The first-order chi connectivity index (χ1) is 16.1. The molecule has 0 spiro atoms. The van der Waals surface area contributed by atoms with Crippen LogP contribution in [0.15, 0.2) is 48.5 Å². The van der Waals surface area contributed by atoms with Crippen molar-refractivity contribution in [3.63, 3.8) is 0 Å². The van der Waals surface area contributed by atoms with E-state index in [0.717, 1.165) is 61.6 Å². The summed E-state index contributed by atoms with van der Waals surface area (Å²) in [6, 6.07) is 15.9. The minimum Gasteiger partial charge on any atom is -0.379 e. The maximum atomic E-state index is 13.1. The average molecular weight is 451 g/mol. The van der Waals surface area contributed by atoms with Crippen molar-refractivity contribution < 1.29 is 14.3 Å². The van der Waals surface area contributed by atoms with E-state index in [0.29, 0.717) is 32.7 Å². The Morgan fingerprint density at radius 2 is 1.67 bits per heavy atom. The Hall–Kier alpha value is -2.74. The summed E-state index contributed by atoms with van der Waals surface area (Å²) in [6.45, 7) is 9.32. The Kier molecular flexibility index (Phi) is 8.10. The third-order valence-electron chi connectivity index (χ3n) is 6.38. The van der Waals surface area contributed by atoms with Gasteiger partial charge in [0.25, 0.3) is 5.91 Å². The number of rotatable bonds is 7. The maximum Gasteiger partial charge on any atom is 0.253 e. The Morgan fingerprint density at radius 3 is 2.42 bits per heavy atom. The number of nitrogens with one attached hydrogen (secondary N) is 1. The second-order valence-electron chi connectivity index (χ2n) is 8.72. The van der Waals surface area contributed by atoms with Crippen LogP contribution in [0.5, 0.6) is 0 Å². The van der Waals surface area contributed by atoms with Gasteiger partial charge in [-0.3, -0.25) is 19.4 Å². The lowest BCUT2D eigenvalue weighted by atomic mass is 10.1. The van der Waals surface area contributed by atoms with Gasteiger partial charge in [0, 0.05) is 57.1 Å². The molecule has 1 N–H and O–H groups in total. The molecule has 0 unspecified atom stereocenters. The van der Waals surface area contributed by atoms with E-state index in [9.17, 15) is 9.59 Å². The highest BCUT2D eigenvalue weighted by molar-refractivity contribution is 5.95. The van der Waals surface area contributed by atoms with Crippen molar-refractivity contribution in [2.75, 3.05) is 64.3 Å². The fourth-order valence-corrected chi connectivity index (χ4v) is 4.46. The number of carbonyl (C=O) groups is 2. The number of para-hydroxylation sites is 1. The van der Waals surface area contributed by atoms with E-state index in [-0.39, 0.29) is 11.8 Å². The van der Waals surface area contributed by atoms with Crippen LogP contribution < -0.4 is 5.32 Å². The molecule has 2 aromatic carbocycles. The molecule has 0 atom stereocenters. The number of carbonyl (C=O) groups excluding carboxylic acids is 2. The van der Waals surface area contributed by atoms with Gasteiger partial charge in [-0.25, -0.2) is 0 Å².